The number of hydrogen-bond donors (Lipinski definition) is 1. The van der Waals surface area contributed by atoms with E-state index in [1.54, 1.807) is 0 Å². The molecule has 2 N–H and O–H groups in total. The van der Waals surface area contributed by atoms with E-state index in [0.29, 0.717) is 0 Å². The summed E-state index contributed by atoms with van der Waals surface area (Å²) in [7, 11) is 0. The molecule has 0 heterocycles. The van der Waals surface area contributed by atoms with Gasteiger partial charge in [0.05, 0.1) is 0 Å². The molecule has 0 amide bonds. The van der Waals surface area contributed by atoms with Crippen molar-refractivity contribution in [3.05, 3.63) is 40.9 Å². The first kappa shape index (κ1) is 11.7. The fourth-order valence-corrected chi connectivity index (χ4v) is 1.67. The van der Waals surface area contributed by atoms with Crippen LogP contribution >= 0.6 is 15.9 Å². The Balaban J connectivity index is 0.000000845. The van der Waals surface area contributed by atoms with E-state index in [1.165, 1.54) is 0 Å². The van der Waals surface area contributed by atoms with Crippen LogP contribution in [0.1, 0.15) is 0 Å². The van der Waals surface area contributed by atoms with Crippen molar-refractivity contribution in [1.29, 1.82) is 0 Å². The monoisotopic (exact) mass is 259 g/mol. The van der Waals surface area contributed by atoms with Gasteiger partial charge < -0.3 is 5.73 Å². The SMILES string of the molecule is Nc1ccc(Br)c2ccc[c-]c12.[K+]. The molecule has 2 aromatic rings. The molecule has 2 aromatic carbocycles. The maximum Gasteiger partial charge on any atom is 1.00 e. The Kier molecular flexibility index (Phi) is 4.42. The zero-order valence-electron chi connectivity index (χ0n) is 7.34. The summed E-state index contributed by atoms with van der Waals surface area (Å²) in [5.41, 5.74) is 6.55. The van der Waals surface area contributed by atoms with E-state index < -0.39 is 0 Å². The maximum atomic E-state index is 5.77. The van der Waals surface area contributed by atoms with Crippen LogP contribution in [0.25, 0.3) is 10.8 Å². The van der Waals surface area contributed by atoms with Crippen LogP contribution in [0.15, 0.2) is 34.8 Å². The van der Waals surface area contributed by atoms with Crippen molar-refractivity contribution in [2.24, 2.45) is 0 Å². The van der Waals surface area contributed by atoms with Crippen LogP contribution in [0.5, 0.6) is 0 Å². The van der Waals surface area contributed by atoms with E-state index in [1.807, 2.05) is 30.3 Å². The fraction of sp³-hybridized carbons (Fsp3) is 0. The largest absolute Gasteiger partial charge is 1.00 e. The predicted octanol–water partition coefficient (Wildman–Crippen LogP) is -0.0113. The quantitative estimate of drug-likeness (QED) is 0.402. The number of nitrogen functional groups attached to an aromatic ring is 1. The van der Waals surface area contributed by atoms with E-state index in [0.717, 1.165) is 20.9 Å². The molecule has 0 aliphatic carbocycles. The number of halogens is 1. The number of anilines is 1. The number of benzene rings is 2. The van der Waals surface area contributed by atoms with E-state index in [-0.39, 0.29) is 51.4 Å². The van der Waals surface area contributed by atoms with Crippen LogP contribution in [0, 0.1) is 6.07 Å². The molecule has 2 rings (SSSR count). The number of rotatable bonds is 0. The molecule has 0 fully saturated rings. The van der Waals surface area contributed by atoms with E-state index in [9.17, 15) is 0 Å². The molecule has 0 saturated heterocycles. The summed E-state index contributed by atoms with van der Waals surface area (Å²) in [6.45, 7) is 0. The first-order chi connectivity index (χ1) is 5.79. The molecule has 0 spiro atoms. The van der Waals surface area contributed by atoms with E-state index in [2.05, 4.69) is 22.0 Å². The fourth-order valence-electron chi connectivity index (χ4n) is 1.21. The van der Waals surface area contributed by atoms with Crippen LogP contribution in [-0.4, -0.2) is 0 Å². The Hall–Kier alpha value is 0.616. The molecule has 0 aliphatic heterocycles. The van der Waals surface area contributed by atoms with Gasteiger partial charge in [-0.25, -0.2) is 0 Å². The standard InChI is InChI=1S/C10H7BrN.K/c11-9-5-6-10(12)8-4-2-1-3-7(8)9;/h1-3,5-6H,12H2;/q-1;+1. The zero-order valence-corrected chi connectivity index (χ0v) is 12.1. The Morgan fingerprint density at radius 2 is 2.00 bits per heavy atom. The maximum absolute atomic E-state index is 5.77. The zero-order chi connectivity index (χ0) is 8.55. The van der Waals surface area contributed by atoms with Gasteiger partial charge in [0, 0.05) is 0 Å². The minimum atomic E-state index is 0. The molecule has 0 aliphatic rings. The third kappa shape index (κ3) is 2.35. The average Bonchev–Trinajstić information content (AvgIpc) is 2.12. The molecule has 0 radical (unpaired) electrons. The minimum absolute atomic E-state index is 0. The van der Waals surface area contributed by atoms with Crippen LogP contribution in [0.4, 0.5) is 5.69 Å². The molecule has 0 unspecified atom stereocenters. The van der Waals surface area contributed by atoms with Gasteiger partial charge in [0.25, 0.3) is 0 Å². The van der Waals surface area contributed by atoms with Gasteiger partial charge in [-0.05, 0) is 10.2 Å². The third-order valence-electron chi connectivity index (χ3n) is 1.81. The summed E-state index contributed by atoms with van der Waals surface area (Å²) in [5.74, 6) is 0. The Bertz CT molecular complexity index is 388. The van der Waals surface area contributed by atoms with Gasteiger partial charge in [-0.2, -0.15) is 0 Å². The summed E-state index contributed by atoms with van der Waals surface area (Å²) in [6.07, 6.45) is 0. The van der Waals surface area contributed by atoms with E-state index in [4.69, 9.17) is 5.73 Å². The Morgan fingerprint density at radius 3 is 2.69 bits per heavy atom. The second-order valence-electron chi connectivity index (χ2n) is 2.60. The normalized spacial score (nSPS) is 9.62. The van der Waals surface area contributed by atoms with Crippen molar-refractivity contribution >= 4 is 32.4 Å². The van der Waals surface area contributed by atoms with Crippen molar-refractivity contribution < 1.29 is 51.4 Å². The van der Waals surface area contributed by atoms with Crippen LogP contribution in [0.2, 0.25) is 0 Å². The Labute approximate surface area is 128 Å². The van der Waals surface area contributed by atoms with Gasteiger partial charge >= 0.3 is 51.4 Å². The first-order valence-electron chi connectivity index (χ1n) is 3.63. The summed E-state index contributed by atoms with van der Waals surface area (Å²) >= 11 is 3.46. The van der Waals surface area contributed by atoms with Crippen molar-refractivity contribution in [3.8, 4) is 0 Å². The van der Waals surface area contributed by atoms with Gasteiger partial charge in [-0.3, -0.25) is 0 Å². The van der Waals surface area contributed by atoms with Crippen molar-refractivity contribution in [3.63, 3.8) is 0 Å². The van der Waals surface area contributed by atoms with Gasteiger partial charge in [-0.15, -0.1) is 29.7 Å². The summed E-state index contributed by atoms with van der Waals surface area (Å²) in [5, 5.41) is 2.09. The summed E-state index contributed by atoms with van der Waals surface area (Å²) in [4.78, 5) is 0. The molecule has 60 valence electrons. The molecule has 0 aromatic heterocycles. The summed E-state index contributed by atoms with van der Waals surface area (Å²) < 4.78 is 1.06. The van der Waals surface area contributed by atoms with Crippen LogP contribution < -0.4 is 57.1 Å². The number of hydrogen-bond acceptors (Lipinski definition) is 1. The first-order valence-corrected chi connectivity index (χ1v) is 4.43. The topological polar surface area (TPSA) is 26.0 Å². The smallest absolute Gasteiger partial charge is 0.436 e. The molecule has 0 atom stereocenters. The molecular weight excluding hydrogens is 253 g/mol. The third-order valence-corrected chi connectivity index (χ3v) is 2.50. The minimum Gasteiger partial charge on any atom is -0.436 e. The van der Waals surface area contributed by atoms with Crippen LogP contribution in [0.3, 0.4) is 0 Å². The number of fused-ring (bicyclic) bond motifs is 1. The van der Waals surface area contributed by atoms with E-state index >= 15 is 0 Å². The molecular formula is C10H7BrKN. The van der Waals surface area contributed by atoms with Crippen molar-refractivity contribution in [2.45, 2.75) is 0 Å². The number of nitrogens with two attached hydrogens (primary N) is 1. The molecule has 13 heavy (non-hydrogen) atoms. The van der Waals surface area contributed by atoms with Crippen LogP contribution in [-0.2, 0) is 0 Å². The van der Waals surface area contributed by atoms with Gasteiger partial charge in [0.1, 0.15) is 0 Å². The van der Waals surface area contributed by atoms with Crippen molar-refractivity contribution in [2.75, 3.05) is 5.73 Å². The second-order valence-corrected chi connectivity index (χ2v) is 3.45. The van der Waals surface area contributed by atoms with Crippen molar-refractivity contribution in [1.82, 2.24) is 0 Å². The average molecular weight is 260 g/mol. The van der Waals surface area contributed by atoms with Gasteiger partial charge in [-0.1, -0.05) is 33.4 Å². The predicted molar refractivity (Wildman–Crippen MR) is 54.9 cm³/mol. The molecule has 1 nitrogen and oxygen atoms in total. The van der Waals surface area contributed by atoms with Gasteiger partial charge in [0.15, 0.2) is 0 Å². The molecule has 0 bridgehead atoms. The molecule has 0 saturated carbocycles. The van der Waals surface area contributed by atoms with Gasteiger partial charge in [0.2, 0.25) is 0 Å². The Morgan fingerprint density at radius 1 is 1.23 bits per heavy atom. The second kappa shape index (κ2) is 4.91. The summed E-state index contributed by atoms with van der Waals surface area (Å²) in [6, 6.07) is 12.8. The molecule has 3 heteroatoms.